The number of methoxy groups -OCH3 is 3. The lowest BCUT2D eigenvalue weighted by atomic mass is 10.1. The number of ether oxygens (including phenoxy) is 4. The zero-order chi connectivity index (χ0) is 27.2. The summed E-state index contributed by atoms with van der Waals surface area (Å²) in [7, 11) is 4.57. The van der Waals surface area contributed by atoms with E-state index in [2.05, 4.69) is 25.3 Å². The predicted molar refractivity (Wildman–Crippen MR) is 139 cm³/mol. The number of fused-ring (bicyclic) bond motifs is 1. The number of nitrogens with one attached hydrogen (secondary N) is 1. The molecule has 0 unspecified atom stereocenters. The number of amides is 2. The highest BCUT2D eigenvalue weighted by Gasteiger charge is 2.27. The van der Waals surface area contributed by atoms with Gasteiger partial charge in [0.1, 0.15) is 12.1 Å². The third kappa shape index (κ3) is 5.50. The Balaban J connectivity index is 1.49. The van der Waals surface area contributed by atoms with Crippen molar-refractivity contribution in [2.75, 3.05) is 64.3 Å². The molecule has 3 heterocycles. The third-order valence-corrected chi connectivity index (χ3v) is 6.37. The highest BCUT2D eigenvalue weighted by atomic mass is 16.5. The van der Waals surface area contributed by atoms with E-state index in [0.29, 0.717) is 67.9 Å². The normalized spacial score (nSPS) is 13.4. The molecule has 4 rings (SSSR count). The molecule has 0 radical (unpaired) electrons. The van der Waals surface area contributed by atoms with Gasteiger partial charge in [0.05, 0.1) is 33.6 Å². The number of carbonyl (C=O) groups is 2. The Morgan fingerprint density at radius 3 is 2.32 bits per heavy atom. The van der Waals surface area contributed by atoms with Crippen LogP contribution >= 0.6 is 0 Å². The number of anilines is 2. The average molecular weight is 528 g/mol. The van der Waals surface area contributed by atoms with Crippen LogP contribution in [-0.4, -0.2) is 90.6 Å². The van der Waals surface area contributed by atoms with E-state index in [9.17, 15) is 9.59 Å². The molecule has 0 bridgehead atoms. The molecule has 0 aliphatic carbocycles. The van der Waals surface area contributed by atoms with Crippen LogP contribution in [0.2, 0.25) is 0 Å². The molecule has 38 heavy (non-hydrogen) atoms. The zero-order valence-corrected chi connectivity index (χ0v) is 22.3. The summed E-state index contributed by atoms with van der Waals surface area (Å²) in [4.78, 5) is 37.8. The van der Waals surface area contributed by atoms with Crippen LogP contribution in [0, 0.1) is 6.92 Å². The second-order valence-electron chi connectivity index (χ2n) is 8.59. The minimum atomic E-state index is -0.259. The molecule has 204 valence electrons. The van der Waals surface area contributed by atoms with Gasteiger partial charge in [-0.3, -0.25) is 4.79 Å². The van der Waals surface area contributed by atoms with E-state index in [1.165, 1.54) is 27.7 Å². The molecule has 1 aliphatic rings. The topological polar surface area (TPSA) is 133 Å². The first-order valence-electron chi connectivity index (χ1n) is 12.4. The Labute approximate surface area is 220 Å². The molecule has 2 aromatic heterocycles. The van der Waals surface area contributed by atoms with Crippen molar-refractivity contribution >= 4 is 29.3 Å². The molecule has 1 saturated heterocycles. The van der Waals surface area contributed by atoms with E-state index in [0.717, 1.165) is 17.1 Å². The highest BCUT2D eigenvalue weighted by molar-refractivity contribution is 5.90. The van der Waals surface area contributed by atoms with Gasteiger partial charge < -0.3 is 34.1 Å². The van der Waals surface area contributed by atoms with E-state index in [1.54, 1.807) is 28.5 Å². The number of rotatable bonds is 9. The number of aryl methyl sites for hydroxylation is 1. The summed E-state index contributed by atoms with van der Waals surface area (Å²) in [6, 6.07) is 3.14. The Morgan fingerprint density at radius 2 is 1.71 bits per heavy atom. The van der Waals surface area contributed by atoms with Crippen molar-refractivity contribution in [2.24, 2.45) is 0 Å². The molecule has 1 aromatic carbocycles. The number of piperazine rings is 1. The number of nitrogens with zero attached hydrogens (tertiary/aromatic N) is 6. The summed E-state index contributed by atoms with van der Waals surface area (Å²) < 4.78 is 22.9. The van der Waals surface area contributed by atoms with Gasteiger partial charge in [0, 0.05) is 56.0 Å². The fourth-order valence-corrected chi connectivity index (χ4v) is 4.52. The maximum Gasteiger partial charge on any atom is 0.321 e. The number of urea groups is 1. The van der Waals surface area contributed by atoms with E-state index >= 15 is 0 Å². The van der Waals surface area contributed by atoms with Gasteiger partial charge >= 0.3 is 12.0 Å². The van der Waals surface area contributed by atoms with Crippen LogP contribution in [0.4, 0.5) is 16.3 Å². The predicted octanol–water partition coefficient (Wildman–Crippen LogP) is 2.31. The van der Waals surface area contributed by atoms with E-state index < -0.39 is 0 Å². The van der Waals surface area contributed by atoms with Gasteiger partial charge in [0.15, 0.2) is 11.5 Å². The monoisotopic (exact) mass is 527 g/mol. The summed E-state index contributed by atoms with van der Waals surface area (Å²) in [6.45, 7) is 6.11. The van der Waals surface area contributed by atoms with Crippen LogP contribution < -0.4 is 24.4 Å². The molecule has 1 aliphatic heterocycles. The van der Waals surface area contributed by atoms with Gasteiger partial charge in [-0.1, -0.05) is 0 Å². The van der Waals surface area contributed by atoms with Crippen molar-refractivity contribution in [2.45, 2.75) is 26.7 Å². The van der Waals surface area contributed by atoms with Gasteiger partial charge in [-0.05, 0) is 20.3 Å². The molecule has 13 nitrogen and oxygen atoms in total. The molecule has 3 aromatic rings. The first kappa shape index (κ1) is 26.8. The maximum atomic E-state index is 13.1. The standard InChI is InChI=1S/C25H33N7O6/c1-6-38-21(33)8-7-18-16(2)28-24-26-15-27-32(24)23(18)30-9-11-31(12-10-30)25(34)29-17-13-19(35-3)22(37-5)20(14-17)36-4/h13-15H,6-12H2,1-5H3,(H,29,34). The van der Waals surface area contributed by atoms with Gasteiger partial charge in [-0.25, -0.2) is 9.78 Å². The van der Waals surface area contributed by atoms with Crippen LogP contribution in [0.5, 0.6) is 17.2 Å². The minimum Gasteiger partial charge on any atom is -0.493 e. The second-order valence-corrected chi connectivity index (χ2v) is 8.59. The smallest absolute Gasteiger partial charge is 0.321 e. The first-order valence-corrected chi connectivity index (χ1v) is 12.4. The van der Waals surface area contributed by atoms with Crippen molar-refractivity contribution in [1.29, 1.82) is 0 Å². The quantitative estimate of drug-likeness (QED) is 0.413. The molecule has 1 N–H and O–H groups in total. The van der Waals surface area contributed by atoms with Crippen LogP contribution in [0.1, 0.15) is 24.6 Å². The largest absolute Gasteiger partial charge is 0.493 e. The SMILES string of the molecule is CCOC(=O)CCc1c(C)nc2ncnn2c1N1CCN(C(=O)Nc2cc(OC)c(OC)c(OC)c2)CC1. The first-order chi connectivity index (χ1) is 18.4. The van der Waals surface area contributed by atoms with Crippen LogP contribution in [0.25, 0.3) is 5.78 Å². The lowest BCUT2D eigenvalue weighted by Gasteiger charge is -2.37. The maximum absolute atomic E-state index is 13.1. The van der Waals surface area contributed by atoms with Gasteiger partial charge in [0.2, 0.25) is 5.75 Å². The van der Waals surface area contributed by atoms with Gasteiger partial charge in [-0.15, -0.1) is 0 Å². The molecule has 2 amide bonds. The minimum absolute atomic E-state index is 0.237. The van der Waals surface area contributed by atoms with Crippen molar-refractivity contribution in [1.82, 2.24) is 24.5 Å². The lowest BCUT2D eigenvalue weighted by Crippen LogP contribution is -2.50. The van der Waals surface area contributed by atoms with Gasteiger partial charge in [-0.2, -0.15) is 14.6 Å². The van der Waals surface area contributed by atoms with Crippen molar-refractivity contribution < 1.29 is 28.5 Å². The number of aromatic nitrogens is 4. The number of carbonyl (C=O) groups excluding carboxylic acids is 2. The Bertz CT molecular complexity index is 1280. The van der Waals surface area contributed by atoms with E-state index in [-0.39, 0.29) is 18.4 Å². The fourth-order valence-electron chi connectivity index (χ4n) is 4.52. The van der Waals surface area contributed by atoms with Crippen LogP contribution in [0.15, 0.2) is 18.5 Å². The molecular weight excluding hydrogens is 494 g/mol. The highest BCUT2D eigenvalue weighted by Crippen LogP contribution is 2.40. The van der Waals surface area contributed by atoms with Crippen molar-refractivity contribution in [3.05, 3.63) is 29.7 Å². The molecule has 0 saturated carbocycles. The summed E-state index contributed by atoms with van der Waals surface area (Å²) in [5.74, 6) is 2.41. The average Bonchev–Trinajstić information content (AvgIpc) is 3.39. The van der Waals surface area contributed by atoms with Crippen LogP contribution in [-0.2, 0) is 16.0 Å². The van der Waals surface area contributed by atoms with E-state index in [4.69, 9.17) is 18.9 Å². The second kappa shape index (κ2) is 11.8. The number of hydrogen-bond acceptors (Lipinski definition) is 10. The van der Waals surface area contributed by atoms with Gasteiger partial charge in [0.25, 0.3) is 5.78 Å². The third-order valence-electron chi connectivity index (χ3n) is 6.37. The Morgan fingerprint density at radius 1 is 1.03 bits per heavy atom. The van der Waals surface area contributed by atoms with Crippen LogP contribution in [0.3, 0.4) is 0 Å². The Kier molecular flexibility index (Phi) is 8.34. The summed E-state index contributed by atoms with van der Waals surface area (Å²) in [6.07, 6.45) is 2.16. The molecule has 0 spiro atoms. The molecule has 1 fully saturated rings. The number of benzene rings is 1. The van der Waals surface area contributed by atoms with Crippen molar-refractivity contribution in [3.63, 3.8) is 0 Å². The number of hydrogen-bond donors (Lipinski definition) is 1. The van der Waals surface area contributed by atoms with Crippen molar-refractivity contribution in [3.8, 4) is 17.2 Å². The molecule has 0 atom stereocenters. The fraction of sp³-hybridized carbons (Fsp3) is 0.480. The number of esters is 1. The zero-order valence-electron chi connectivity index (χ0n) is 22.3. The molecular formula is C25H33N7O6. The summed E-state index contributed by atoms with van der Waals surface area (Å²) in [5, 5.41) is 7.30. The lowest BCUT2D eigenvalue weighted by molar-refractivity contribution is -0.143. The summed E-state index contributed by atoms with van der Waals surface area (Å²) >= 11 is 0. The Hall–Kier alpha value is -4.29. The molecule has 13 heteroatoms. The summed E-state index contributed by atoms with van der Waals surface area (Å²) in [5.41, 5.74) is 2.22. The van der Waals surface area contributed by atoms with E-state index in [1.807, 2.05) is 6.92 Å².